The lowest BCUT2D eigenvalue weighted by atomic mass is 9.76. The molecule has 7 heteroatoms. The number of fused-ring (bicyclic) bond motifs is 3. The van der Waals surface area contributed by atoms with E-state index in [1.807, 2.05) is 0 Å². The Labute approximate surface area is 270 Å². The van der Waals surface area contributed by atoms with E-state index in [1.165, 1.54) is 61.8 Å². The van der Waals surface area contributed by atoms with Crippen molar-refractivity contribution in [2.75, 3.05) is 64.6 Å². The van der Waals surface area contributed by atoms with Crippen molar-refractivity contribution in [1.29, 1.82) is 0 Å². The van der Waals surface area contributed by atoms with Gasteiger partial charge in [-0.25, -0.2) is 0 Å². The topological polar surface area (TPSA) is 61.4 Å². The van der Waals surface area contributed by atoms with Crippen molar-refractivity contribution < 1.29 is 23.7 Å². The van der Waals surface area contributed by atoms with Crippen molar-refractivity contribution in [1.82, 2.24) is 5.32 Å². The number of piperidine rings is 1. The average Bonchev–Trinajstić information content (AvgIpc) is 3.29. The molecule has 7 nitrogen and oxygen atoms in total. The van der Waals surface area contributed by atoms with Gasteiger partial charge in [0.05, 0.1) is 43.8 Å². The predicted octanol–water partition coefficient (Wildman–Crippen LogP) is 6.73. The largest absolute Gasteiger partial charge is 0.494 e. The van der Waals surface area contributed by atoms with E-state index in [0.717, 1.165) is 94.5 Å². The van der Waals surface area contributed by atoms with Crippen LogP contribution in [-0.4, -0.2) is 71.4 Å². The first-order chi connectivity index (χ1) is 22.2. The van der Waals surface area contributed by atoms with E-state index in [2.05, 4.69) is 52.7 Å². The standard InChI is InChI=1S/C38H54N2O5/c1-41-17-3-15-40-16-20-43-36-11-6-28(23-35(36)40)27-44-37-26-39-14-12-34(37)30-7-9-33(10-8-30)42-18-4-19-45-38-13-2-5-31-21-29(24-38)22-32(31)25-38/h6-11,23,29,31-32,34,37,39H,2-5,12-22,24-27H2,1H3/t29?,31?,32?,34?,37-,38?/m0/s1. The summed E-state index contributed by atoms with van der Waals surface area (Å²) >= 11 is 0. The zero-order valence-corrected chi connectivity index (χ0v) is 27.4. The highest BCUT2D eigenvalue weighted by atomic mass is 16.5. The smallest absolute Gasteiger partial charge is 0.142 e. The fourth-order valence-electron chi connectivity index (χ4n) is 9.25. The van der Waals surface area contributed by atoms with Crippen LogP contribution < -0.4 is 19.7 Å². The maximum absolute atomic E-state index is 6.66. The third-order valence-corrected chi connectivity index (χ3v) is 11.4. The molecule has 5 unspecified atom stereocenters. The highest BCUT2D eigenvalue weighted by molar-refractivity contribution is 5.61. The molecule has 2 heterocycles. The van der Waals surface area contributed by atoms with Crippen molar-refractivity contribution in [2.45, 2.75) is 88.4 Å². The number of nitrogens with one attached hydrogen (secondary N) is 1. The summed E-state index contributed by atoms with van der Waals surface area (Å²) in [6.07, 6.45) is 12.8. The zero-order valence-electron chi connectivity index (χ0n) is 27.4. The fourth-order valence-corrected chi connectivity index (χ4v) is 9.25. The van der Waals surface area contributed by atoms with Crippen LogP contribution in [0.3, 0.4) is 0 Å². The Morgan fingerprint density at radius 2 is 1.89 bits per heavy atom. The maximum Gasteiger partial charge on any atom is 0.142 e. The lowest BCUT2D eigenvalue weighted by molar-refractivity contribution is -0.0918. The molecule has 5 aliphatic rings. The van der Waals surface area contributed by atoms with Gasteiger partial charge in [0.25, 0.3) is 0 Å². The second-order valence-corrected chi connectivity index (χ2v) is 14.4. The van der Waals surface area contributed by atoms with Crippen LogP contribution in [-0.2, 0) is 20.8 Å². The van der Waals surface area contributed by atoms with Crippen LogP contribution >= 0.6 is 0 Å². The molecule has 2 aromatic carbocycles. The molecule has 0 amide bonds. The van der Waals surface area contributed by atoms with Crippen molar-refractivity contribution in [3.05, 3.63) is 53.6 Å². The van der Waals surface area contributed by atoms with Crippen LogP contribution in [0.2, 0.25) is 0 Å². The first-order valence-corrected chi connectivity index (χ1v) is 17.9. The Morgan fingerprint density at radius 1 is 0.978 bits per heavy atom. The van der Waals surface area contributed by atoms with Gasteiger partial charge in [-0.3, -0.25) is 0 Å². The average molecular weight is 619 g/mol. The molecule has 4 fully saturated rings. The van der Waals surface area contributed by atoms with Crippen LogP contribution in [0.1, 0.15) is 81.3 Å². The van der Waals surface area contributed by atoms with Crippen LogP contribution in [0, 0.1) is 17.8 Å². The Hall–Kier alpha value is -2.32. The van der Waals surface area contributed by atoms with E-state index >= 15 is 0 Å². The highest BCUT2D eigenvalue weighted by Crippen LogP contribution is 2.56. The van der Waals surface area contributed by atoms with Gasteiger partial charge in [-0.15, -0.1) is 0 Å². The molecule has 6 atom stereocenters. The number of rotatable bonds is 14. The molecule has 3 aliphatic carbocycles. The lowest BCUT2D eigenvalue weighted by Crippen LogP contribution is -2.41. The fraction of sp³-hybridized carbons (Fsp3) is 0.684. The summed E-state index contributed by atoms with van der Waals surface area (Å²) < 4.78 is 30.6. The summed E-state index contributed by atoms with van der Waals surface area (Å²) in [6.45, 7) is 7.37. The van der Waals surface area contributed by atoms with Gasteiger partial charge >= 0.3 is 0 Å². The second-order valence-electron chi connectivity index (χ2n) is 14.4. The summed E-state index contributed by atoms with van der Waals surface area (Å²) in [4.78, 5) is 2.41. The number of hydrogen-bond acceptors (Lipinski definition) is 7. The molecule has 45 heavy (non-hydrogen) atoms. The molecule has 1 N–H and O–H groups in total. The SMILES string of the molecule is COCCCN1CCOc2ccc(CO[C@H]3CNCCC3c3ccc(OCCCOC45CCCC6CC(CC6C4)C5)cc3)cc21. The number of hydrogen-bond donors (Lipinski definition) is 1. The van der Waals surface area contributed by atoms with Crippen molar-refractivity contribution in [2.24, 2.45) is 17.8 Å². The summed E-state index contributed by atoms with van der Waals surface area (Å²) in [5.74, 6) is 5.13. The third-order valence-electron chi connectivity index (χ3n) is 11.4. The van der Waals surface area contributed by atoms with Gasteiger partial charge in [-0.05, 0) is 105 Å². The quantitative estimate of drug-likeness (QED) is 0.236. The van der Waals surface area contributed by atoms with Gasteiger partial charge in [0, 0.05) is 39.1 Å². The molecule has 1 saturated heterocycles. The Balaban J connectivity index is 0.882. The van der Waals surface area contributed by atoms with Gasteiger partial charge in [-0.1, -0.05) is 31.0 Å². The normalized spacial score (nSPS) is 30.5. The molecule has 3 saturated carbocycles. The van der Waals surface area contributed by atoms with Gasteiger partial charge in [0.1, 0.15) is 18.1 Å². The van der Waals surface area contributed by atoms with Crippen LogP contribution in [0.5, 0.6) is 11.5 Å². The van der Waals surface area contributed by atoms with E-state index < -0.39 is 0 Å². The molecular weight excluding hydrogens is 564 g/mol. The number of methoxy groups -OCH3 is 1. The predicted molar refractivity (Wildman–Crippen MR) is 177 cm³/mol. The molecule has 2 aliphatic heterocycles. The minimum atomic E-state index is 0.126. The van der Waals surface area contributed by atoms with E-state index in [1.54, 1.807) is 7.11 Å². The highest BCUT2D eigenvalue weighted by Gasteiger charge is 2.50. The molecule has 0 spiro atoms. The molecule has 2 aromatic rings. The molecule has 3 bridgehead atoms. The van der Waals surface area contributed by atoms with Crippen molar-refractivity contribution >= 4 is 5.69 Å². The summed E-state index contributed by atoms with van der Waals surface area (Å²) in [5.41, 5.74) is 3.86. The van der Waals surface area contributed by atoms with Crippen LogP contribution in [0.4, 0.5) is 5.69 Å². The number of ether oxygens (including phenoxy) is 5. The van der Waals surface area contributed by atoms with Gasteiger partial charge in [0.15, 0.2) is 0 Å². The Morgan fingerprint density at radius 3 is 2.80 bits per heavy atom. The monoisotopic (exact) mass is 618 g/mol. The van der Waals surface area contributed by atoms with E-state index in [0.29, 0.717) is 19.1 Å². The summed E-state index contributed by atoms with van der Waals surface area (Å²) in [7, 11) is 1.76. The molecular formula is C38H54N2O5. The van der Waals surface area contributed by atoms with Crippen molar-refractivity contribution in [3.8, 4) is 11.5 Å². The van der Waals surface area contributed by atoms with Gasteiger partial charge in [0.2, 0.25) is 0 Å². The van der Waals surface area contributed by atoms with E-state index in [4.69, 9.17) is 23.7 Å². The minimum absolute atomic E-state index is 0.126. The van der Waals surface area contributed by atoms with E-state index in [9.17, 15) is 0 Å². The molecule has 7 rings (SSSR count). The molecule has 0 radical (unpaired) electrons. The number of anilines is 1. The molecule has 0 aromatic heterocycles. The minimum Gasteiger partial charge on any atom is -0.494 e. The maximum atomic E-state index is 6.66. The van der Waals surface area contributed by atoms with Crippen molar-refractivity contribution in [3.63, 3.8) is 0 Å². The first kappa shape index (κ1) is 31.3. The lowest BCUT2D eigenvalue weighted by Gasteiger charge is -2.40. The second kappa shape index (κ2) is 14.6. The zero-order chi connectivity index (χ0) is 30.5. The van der Waals surface area contributed by atoms with E-state index in [-0.39, 0.29) is 11.7 Å². The summed E-state index contributed by atoms with van der Waals surface area (Å²) in [5, 5.41) is 3.55. The Kier molecular flexibility index (Phi) is 10.2. The van der Waals surface area contributed by atoms with Gasteiger partial charge < -0.3 is 33.9 Å². The number of benzene rings is 2. The van der Waals surface area contributed by atoms with Gasteiger partial charge in [-0.2, -0.15) is 0 Å². The number of nitrogens with zero attached hydrogens (tertiary/aromatic N) is 1. The van der Waals surface area contributed by atoms with Crippen LogP contribution in [0.25, 0.3) is 0 Å². The summed E-state index contributed by atoms with van der Waals surface area (Å²) in [6, 6.07) is 15.2. The third kappa shape index (κ3) is 7.48. The Bertz CT molecular complexity index is 1240. The van der Waals surface area contributed by atoms with Crippen LogP contribution in [0.15, 0.2) is 42.5 Å². The first-order valence-electron chi connectivity index (χ1n) is 17.9. The molecule has 246 valence electrons.